The van der Waals surface area contributed by atoms with Crippen molar-refractivity contribution in [3.8, 4) is 0 Å². The van der Waals surface area contributed by atoms with Crippen molar-refractivity contribution >= 4 is 17.4 Å². The van der Waals surface area contributed by atoms with Crippen LogP contribution in [0.5, 0.6) is 0 Å². The zero-order valence-electron chi connectivity index (χ0n) is 21.1. The average Bonchev–Trinajstić information content (AvgIpc) is 2.87. The highest BCUT2D eigenvalue weighted by atomic mass is 16.6. The molecule has 2 aromatic rings. The number of nitro benzene ring substituents is 1. The summed E-state index contributed by atoms with van der Waals surface area (Å²) in [6.45, 7) is 2.26. The van der Waals surface area contributed by atoms with E-state index in [4.69, 9.17) is 5.11 Å². The molecule has 0 atom stereocenters. The second kappa shape index (κ2) is 19.3. The smallest absolute Gasteiger partial charge is 0.303 e. The number of hydrogen-bond acceptors (Lipinski definition) is 4. The van der Waals surface area contributed by atoms with Crippen LogP contribution in [0.2, 0.25) is 0 Å². The normalized spacial score (nSPS) is 10.3. The number of carbonyl (C=O) groups is 2. The summed E-state index contributed by atoms with van der Waals surface area (Å²) >= 11 is 0. The number of carboxylic acids is 1. The third kappa shape index (κ3) is 14.8. The van der Waals surface area contributed by atoms with Crippen molar-refractivity contribution in [3.63, 3.8) is 0 Å². The largest absolute Gasteiger partial charge is 0.481 e. The number of ketones is 1. The van der Waals surface area contributed by atoms with Gasteiger partial charge in [-0.05, 0) is 18.6 Å². The Kier molecular flexibility index (Phi) is 16.6. The van der Waals surface area contributed by atoms with E-state index in [0.717, 1.165) is 12.8 Å². The van der Waals surface area contributed by atoms with E-state index in [1.165, 1.54) is 94.9 Å². The molecule has 0 spiro atoms. The molecule has 0 saturated carbocycles. The van der Waals surface area contributed by atoms with Crippen LogP contribution in [0.3, 0.4) is 0 Å². The van der Waals surface area contributed by atoms with E-state index in [2.05, 4.69) is 6.92 Å². The number of benzene rings is 2. The van der Waals surface area contributed by atoms with Crippen molar-refractivity contribution in [3.05, 3.63) is 75.8 Å². The quantitative estimate of drug-likeness (QED) is 0.105. The summed E-state index contributed by atoms with van der Waals surface area (Å²) < 4.78 is 0. The Labute approximate surface area is 209 Å². The number of carbonyl (C=O) groups excluding carboxylic acids is 1. The van der Waals surface area contributed by atoms with Gasteiger partial charge in [0.05, 0.1) is 4.92 Å². The van der Waals surface area contributed by atoms with Crippen molar-refractivity contribution in [2.24, 2.45) is 0 Å². The lowest BCUT2D eigenvalue weighted by Gasteiger charge is -2.02. The number of aliphatic carboxylic acids is 1. The zero-order chi connectivity index (χ0) is 25.7. The molecule has 6 heteroatoms. The molecule has 0 aliphatic carbocycles. The second-order valence-electron chi connectivity index (χ2n) is 8.89. The molecule has 0 aliphatic heterocycles. The van der Waals surface area contributed by atoms with Crippen LogP contribution in [0, 0.1) is 10.1 Å². The van der Waals surface area contributed by atoms with Crippen molar-refractivity contribution in [1.29, 1.82) is 0 Å². The lowest BCUT2D eigenvalue weighted by atomic mass is 10.0. The fraction of sp³-hybridized carbons (Fsp3) is 0.517. The Bertz CT molecular complexity index is 849. The van der Waals surface area contributed by atoms with E-state index in [1.807, 2.05) is 6.07 Å². The van der Waals surface area contributed by atoms with Crippen LogP contribution >= 0.6 is 0 Å². The van der Waals surface area contributed by atoms with Crippen LogP contribution in [0.15, 0.2) is 54.6 Å². The monoisotopic (exact) mass is 483 g/mol. The van der Waals surface area contributed by atoms with Gasteiger partial charge in [0, 0.05) is 29.7 Å². The first-order valence-electron chi connectivity index (χ1n) is 13.0. The molecular weight excluding hydrogens is 442 g/mol. The maximum Gasteiger partial charge on any atom is 0.303 e. The Morgan fingerprint density at radius 3 is 1.54 bits per heavy atom. The van der Waals surface area contributed by atoms with Gasteiger partial charge in [0.1, 0.15) is 0 Å². The second-order valence-corrected chi connectivity index (χ2v) is 8.89. The first-order chi connectivity index (χ1) is 17.0. The molecule has 0 unspecified atom stereocenters. The van der Waals surface area contributed by atoms with Gasteiger partial charge in [-0.15, -0.1) is 0 Å². The van der Waals surface area contributed by atoms with Crippen molar-refractivity contribution < 1.29 is 19.6 Å². The van der Waals surface area contributed by atoms with Crippen molar-refractivity contribution in [1.82, 2.24) is 0 Å². The van der Waals surface area contributed by atoms with Gasteiger partial charge in [-0.2, -0.15) is 0 Å². The Balaban J connectivity index is 0.000000350. The maximum atomic E-state index is 12.0. The highest BCUT2D eigenvalue weighted by molar-refractivity contribution is 6.09. The third-order valence-electron chi connectivity index (χ3n) is 5.87. The minimum atomic E-state index is -0.655. The Morgan fingerprint density at radius 1 is 0.686 bits per heavy atom. The first kappa shape index (κ1) is 30.0. The van der Waals surface area contributed by atoms with Gasteiger partial charge in [-0.1, -0.05) is 114 Å². The van der Waals surface area contributed by atoms with Crippen LogP contribution in [-0.2, 0) is 4.79 Å². The van der Waals surface area contributed by atoms with Crippen LogP contribution in [0.4, 0.5) is 5.69 Å². The highest BCUT2D eigenvalue weighted by Crippen LogP contribution is 2.15. The molecule has 0 aliphatic rings. The van der Waals surface area contributed by atoms with Gasteiger partial charge < -0.3 is 5.11 Å². The first-order valence-corrected chi connectivity index (χ1v) is 13.0. The van der Waals surface area contributed by atoms with Crippen LogP contribution in [0.1, 0.15) is 113 Å². The van der Waals surface area contributed by atoms with Crippen LogP contribution < -0.4 is 0 Å². The number of carboxylic acid groups (broad SMARTS) is 1. The summed E-state index contributed by atoms with van der Waals surface area (Å²) in [6, 6.07) is 14.4. The fourth-order valence-electron chi connectivity index (χ4n) is 3.78. The molecule has 2 rings (SSSR count). The summed E-state index contributed by atoms with van der Waals surface area (Å²) in [6.07, 6.45) is 17.3. The standard InChI is InChI=1S/C16H32O2.C13H9NO3/c1-2-3-4-5-6-7-8-9-10-11-12-13-14-15-16(17)18;15-13(10-4-2-1-3-5-10)11-6-8-12(9-7-11)14(16)17/h2-15H2,1H3,(H,17,18);1-9H. The van der Waals surface area contributed by atoms with Crippen LogP contribution in [-0.4, -0.2) is 21.8 Å². The SMILES string of the molecule is CCCCCCCCCCCCCCCC(=O)O.O=C(c1ccccc1)c1ccc([N+](=O)[O-])cc1. The predicted molar refractivity (Wildman–Crippen MR) is 141 cm³/mol. The summed E-state index contributed by atoms with van der Waals surface area (Å²) in [4.78, 5) is 32.2. The van der Waals surface area contributed by atoms with Crippen molar-refractivity contribution in [2.75, 3.05) is 0 Å². The van der Waals surface area contributed by atoms with Gasteiger partial charge in [0.15, 0.2) is 5.78 Å². The zero-order valence-corrected chi connectivity index (χ0v) is 21.1. The minimum absolute atomic E-state index is 0.0189. The van der Waals surface area contributed by atoms with Gasteiger partial charge in [-0.25, -0.2) is 0 Å². The number of nitrogens with zero attached hydrogens (tertiary/aromatic N) is 1. The van der Waals surface area contributed by atoms with E-state index >= 15 is 0 Å². The lowest BCUT2D eigenvalue weighted by Crippen LogP contribution is -2.00. The Morgan fingerprint density at radius 2 is 1.11 bits per heavy atom. The molecule has 0 amide bonds. The van der Waals surface area contributed by atoms with E-state index < -0.39 is 10.9 Å². The highest BCUT2D eigenvalue weighted by Gasteiger charge is 2.10. The van der Waals surface area contributed by atoms with Gasteiger partial charge in [-0.3, -0.25) is 19.7 Å². The molecule has 1 N–H and O–H groups in total. The number of unbranched alkanes of at least 4 members (excludes halogenated alkanes) is 12. The molecule has 192 valence electrons. The van der Waals surface area contributed by atoms with Crippen molar-refractivity contribution in [2.45, 2.75) is 96.8 Å². The lowest BCUT2D eigenvalue weighted by molar-refractivity contribution is -0.384. The maximum absolute atomic E-state index is 12.0. The predicted octanol–water partition coefficient (Wildman–Crippen LogP) is 8.38. The minimum Gasteiger partial charge on any atom is -0.481 e. The van der Waals surface area contributed by atoms with Gasteiger partial charge in [0.25, 0.3) is 5.69 Å². The third-order valence-corrected chi connectivity index (χ3v) is 5.87. The topological polar surface area (TPSA) is 97.5 Å². The number of rotatable bonds is 17. The summed E-state index contributed by atoms with van der Waals surface area (Å²) in [5.41, 5.74) is 0.998. The number of nitro groups is 1. The molecular formula is C29H41NO5. The molecule has 0 aromatic heterocycles. The average molecular weight is 484 g/mol. The molecule has 35 heavy (non-hydrogen) atoms. The summed E-state index contributed by atoms with van der Waals surface area (Å²) in [5, 5.41) is 19.0. The van der Waals surface area contributed by atoms with E-state index in [9.17, 15) is 19.7 Å². The summed E-state index contributed by atoms with van der Waals surface area (Å²) in [5.74, 6) is -0.793. The van der Waals surface area contributed by atoms with Gasteiger partial charge in [0.2, 0.25) is 0 Å². The summed E-state index contributed by atoms with van der Waals surface area (Å²) in [7, 11) is 0. The molecule has 0 fully saturated rings. The van der Waals surface area contributed by atoms with E-state index in [1.54, 1.807) is 24.3 Å². The van der Waals surface area contributed by atoms with E-state index in [-0.39, 0.29) is 11.5 Å². The molecule has 2 aromatic carbocycles. The van der Waals surface area contributed by atoms with Crippen LogP contribution in [0.25, 0.3) is 0 Å². The molecule has 0 heterocycles. The van der Waals surface area contributed by atoms with Gasteiger partial charge >= 0.3 is 5.97 Å². The number of non-ortho nitro benzene ring substituents is 1. The molecule has 0 saturated heterocycles. The Hall–Kier alpha value is -3.02. The molecule has 0 bridgehead atoms. The fourth-order valence-corrected chi connectivity index (χ4v) is 3.78. The van der Waals surface area contributed by atoms with E-state index in [0.29, 0.717) is 17.5 Å². The molecule has 6 nitrogen and oxygen atoms in total. The molecule has 0 radical (unpaired) electrons. The number of hydrogen-bond donors (Lipinski definition) is 1.